The highest BCUT2D eigenvalue weighted by atomic mass is 79.9. The molecule has 0 bridgehead atoms. The first-order valence-corrected chi connectivity index (χ1v) is 7.36. The second-order valence-electron chi connectivity index (χ2n) is 5.39. The van der Waals surface area contributed by atoms with Gasteiger partial charge >= 0.3 is 0 Å². The summed E-state index contributed by atoms with van der Waals surface area (Å²) in [5, 5.41) is 0. The van der Waals surface area contributed by atoms with Crippen LogP contribution in [-0.2, 0) is 0 Å². The van der Waals surface area contributed by atoms with Gasteiger partial charge in [0.05, 0.1) is 0 Å². The average Bonchev–Trinajstić information content (AvgIpc) is 2.77. The molecule has 0 spiro atoms. The lowest BCUT2D eigenvalue weighted by atomic mass is 9.86. The maximum atomic E-state index is 4.03. The van der Waals surface area contributed by atoms with E-state index in [0.29, 0.717) is 4.32 Å². The number of rotatable bonds is 3. The Morgan fingerprint density at radius 3 is 2.33 bits per heavy atom. The van der Waals surface area contributed by atoms with Crippen molar-refractivity contribution in [2.75, 3.05) is 0 Å². The van der Waals surface area contributed by atoms with Crippen LogP contribution in [0.4, 0.5) is 0 Å². The van der Waals surface area contributed by atoms with E-state index in [1.807, 2.05) is 0 Å². The van der Waals surface area contributed by atoms with Crippen molar-refractivity contribution >= 4 is 15.9 Å². The van der Waals surface area contributed by atoms with Gasteiger partial charge in [-0.3, -0.25) is 0 Å². The Kier molecular flexibility index (Phi) is 3.93. The average molecular weight is 271 g/mol. The molecule has 2 unspecified atom stereocenters. The molecule has 0 amide bonds. The van der Waals surface area contributed by atoms with Crippen LogP contribution < -0.4 is 0 Å². The fourth-order valence-electron chi connectivity index (χ4n) is 3.24. The lowest BCUT2D eigenvalue weighted by molar-refractivity contribution is 0.353. The Morgan fingerprint density at radius 1 is 1.13 bits per heavy atom. The first-order valence-electron chi connectivity index (χ1n) is 6.57. The highest BCUT2D eigenvalue weighted by Crippen LogP contribution is 2.60. The fourth-order valence-corrected chi connectivity index (χ4v) is 4.27. The SMILES string of the molecule is C=CCC1CC1(Br)C1CCCCCCC1. The second-order valence-corrected chi connectivity index (χ2v) is 6.87. The highest BCUT2D eigenvalue weighted by molar-refractivity contribution is 9.10. The Balaban J connectivity index is 1.88. The topological polar surface area (TPSA) is 0 Å². The number of allylic oxidation sites excluding steroid dienone is 1. The summed E-state index contributed by atoms with van der Waals surface area (Å²) in [6.07, 6.45) is 14.9. The van der Waals surface area contributed by atoms with Crippen molar-refractivity contribution in [1.82, 2.24) is 0 Å². The van der Waals surface area contributed by atoms with Crippen molar-refractivity contribution in [3.8, 4) is 0 Å². The zero-order valence-electron chi connectivity index (χ0n) is 9.68. The third kappa shape index (κ3) is 2.67. The molecule has 0 aliphatic heterocycles. The lowest BCUT2D eigenvalue weighted by Crippen LogP contribution is -2.19. The van der Waals surface area contributed by atoms with Crippen molar-refractivity contribution in [1.29, 1.82) is 0 Å². The van der Waals surface area contributed by atoms with E-state index < -0.39 is 0 Å². The van der Waals surface area contributed by atoms with Crippen LogP contribution in [0.1, 0.15) is 57.8 Å². The maximum Gasteiger partial charge on any atom is 0.0321 e. The van der Waals surface area contributed by atoms with Crippen LogP contribution in [0.5, 0.6) is 0 Å². The summed E-state index contributed by atoms with van der Waals surface area (Å²) in [5.41, 5.74) is 0. The Morgan fingerprint density at radius 2 is 1.73 bits per heavy atom. The molecule has 0 heterocycles. The zero-order chi connectivity index (χ0) is 10.7. The van der Waals surface area contributed by atoms with Gasteiger partial charge in [-0.25, -0.2) is 0 Å². The highest BCUT2D eigenvalue weighted by Gasteiger charge is 2.55. The first kappa shape index (κ1) is 11.7. The fraction of sp³-hybridized carbons (Fsp3) is 0.857. The molecule has 86 valence electrons. The molecule has 2 saturated carbocycles. The number of alkyl halides is 1. The molecule has 0 aromatic carbocycles. The molecule has 15 heavy (non-hydrogen) atoms. The normalized spacial score (nSPS) is 38.1. The van der Waals surface area contributed by atoms with E-state index in [0.717, 1.165) is 11.8 Å². The maximum absolute atomic E-state index is 4.03. The van der Waals surface area contributed by atoms with E-state index in [2.05, 4.69) is 28.6 Å². The molecule has 0 N–H and O–H groups in total. The summed E-state index contributed by atoms with van der Waals surface area (Å²) in [6, 6.07) is 0. The van der Waals surface area contributed by atoms with E-state index >= 15 is 0 Å². The first-order chi connectivity index (χ1) is 7.27. The van der Waals surface area contributed by atoms with Crippen LogP contribution in [0.3, 0.4) is 0 Å². The van der Waals surface area contributed by atoms with Crippen molar-refractivity contribution in [2.24, 2.45) is 11.8 Å². The standard InChI is InChI=1S/C14H23Br/c1-2-8-13-11-14(13,15)12-9-6-4-3-5-7-10-12/h2,12-13H,1,3-11H2. The second kappa shape index (κ2) is 5.03. The third-order valence-electron chi connectivity index (χ3n) is 4.31. The molecule has 2 aliphatic rings. The van der Waals surface area contributed by atoms with Crippen LogP contribution in [-0.4, -0.2) is 4.32 Å². The van der Waals surface area contributed by atoms with Gasteiger partial charge in [-0.2, -0.15) is 0 Å². The van der Waals surface area contributed by atoms with Crippen molar-refractivity contribution < 1.29 is 0 Å². The Bertz CT molecular complexity index is 215. The summed E-state index contributed by atoms with van der Waals surface area (Å²) < 4.78 is 0.512. The minimum Gasteiger partial charge on any atom is -0.103 e. The lowest BCUT2D eigenvalue weighted by Gasteiger charge is -2.25. The predicted molar refractivity (Wildman–Crippen MR) is 70.4 cm³/mol. The summed E-state index contributed by atoms with van der Waals surface area (Å²) in [5.74, 6) is 1.84. The molecular weight excluding hydrogens is 248 g/mol. The van der Waals surface area contributed by atoms with Gasteiger partial charge in [0, 0.05) is 4.32 Å². The van der Waals surface area contributed by atoms with E-state index in [-0.39, 0.29) is 0 Å². The summed E-state index contributed by atoms with van der Waals surface area (Å²) in [4.78, 5) is 0. The summed E-state index contributed by atoms with van der Waals surface area (Å²) in [6.45, 7) is 3.86. The van der Waals surface area contributed by atoms with Gasteiger partial charge in [0.25, 0.3) is 0 Å². The van der Waals surface area contributed by atoms with Crippen LogP contribution in [0.2, 0.25) is 0 Å². The van der Waals surface area contributed by atoms with Gasteiger partial charge in [0.15, 0.2) is 0 Å². The summed E-state index contributed by atoms with van der Waals surface area (Å²) in [7, 11) is 0. The largest absolute Gasteiger partial charge is 0.103 e. The molecule has 2 rings (SSSR count). The molecule has 0 radical (unpaired) electrons. The van der Waals surface area contributed by atoms with Crippen molar-refractivity contribution in [3.63, 3.8) is 0 Å². The van der Waals surface area contributed by atoms with Gasteiger partial charge in [-0.15, -0.1) is 6.58 Å². The van der Waals surface area contributed by atoms with E-state index in [4.69, 9.17) is 0 Å². The van der Waals surface area contributed by atoms with E-state index in [1.54, 1.807) is 0 Å². The van der Waals surface area contributed by atoms with Gasteiger partial charge in [-0.1, -0.05) is 54.1 Å². The molecular formula is C14H23Br. The molecule has 0 aromatic heterocycles. The van der Waals surface area contributed by atoms with Crippen LogP contribution in [0.25, 0.3) is 0 Å². The number of hydrogen-bond donors (Lipinski definition) is 0. The molecule has 1 heteroatoms. The quantitative estimate of drug-likeness (QED) is 0.496. The molecule has 0 aromatic rings. The Labute approximate surface area is 103 Å². The van der Waals surface area contributed by atoms with Gasteiger partial charge < -0.3 is 0 Å². The van der Waals surface area contributed by atoms with Gasteiger partial charge in [0.2, 0.25) is 0 Å². The monoisotopic (exact) mass is 270 g/mol. The van der Waals surface area contributed by atoms with Crippen LogP contribution in [0.15, 0.2) is 12.7 Å². The minimum absolute atomic E-state index is 0.512. The van der Waals surface area contributed by atoms with E-state index in [1.165, 1.54) is 57.8 Å². The zero-order valence-corrected chi connectivity index (χ0v) is 11.3. The minimum atomic E-state index is 0.512. The van der Waals surface area contributed by atoms with Crippen molar-refractivity contribution in [3.05, 3.63) is 12.7 Å². The summed E-state index contributed by atoms with van der Waals surface area (Å²) >= 11 is 4.03. The molecule has 0 nitrogen and oxygen atoms in total. The third-order valence-corrected chi connectivity index (χ3v) is 5.93. The molecule has 2 atom stereocenters. The predicted octanol–water partition coefficient (Wildman–Crippen LogP) is 5.08. The molecule has 2 fully saturated rings. The number of hydrogen-bond acceptors (Lipinski definition) is 0. The van der Waals surface area contributed by atoms with Crippen molar-refractivity contribution in [2.45, 2.75) is 62.1 Å². The molecule has 2 aliphatic carbocycles. The van der Waals surface area contributed by atoms with E-state index in [9.17, 15) is 0 Å². The van der Waals surface area contributed by atoms with Crippen LogP contribution in [0, 0.1) is 11.8 Å². The number of halogens is 1. The van der Waals surface area contributed by atoms with Crippen LogP contribution >= 0.6 is 15.9 Å². The van der Waals surface area contributed by atoms with Gasteiger partial charge in [0.1, 0.15) is 0 Å². The molecule has 0 saturated heterocycles. The smallest absolute Gasteiger partial charge is 0.0321 e. The van der Waals surface area contributed by atoms with Gasteiger partial charge in [-0.05, 0) is 37.5 Å². The Hall–Kier alpha value is 0.220.